The van der Waals surface area contributed by atoms with Crippen LogP contribution in [0.1, 0.15) is 43.2 Å². The summed E-state index contributed by atoms with van der Waals surface area (Å²) in [7, 11) is 0. The Balaban J connectivity index is 2.35. The van der Waals surface area contributed by atoms with Gasteiger partial charge in [0.1, 0.15) is 11.5 Å². The lowest BCUT2D eigenvalue weighted by atomic mass is 9.99. The van der Waals surface area contributed by atoms with Crippen LogP contribution >= 0.6 is 0 Å². The van der Waals surface area contributed by atoms with Gasteiger partial charge in [-0.05, 0) is 38.9 Å². The van der Waals surface area contributed by atoms with E-state index in [0.717, 1.165) is 35.6 Å². The molecule has 108 valence electrons. The van der Waals surface area contributed by atoms with E-state index in [9.17, 15) is 0 Å². The van der Waals surface area contributed by atoms with Crippen LogP contribution < -0.4 is 10.1 Å². The van der Waals surface area contributed by atoms with E-state index in [1.165, 1.54) is 0 Å². The smallest absolute Gasteiger partial charge is 0.124 e. The van der Waals surface area contributed by atoms with Crippen molar-refractivity contribution in [3.63, 3.8) is 0 Å². The van der Waals surface area contributed by atoms with Gasteiger partial charge in [-0.1, -0.05) is 25.1 Å². The van der Waals surface area contributed by atoms with Crippen LogP contribution in [0.2, 0.25) is 0 Å². The third-order valence-electron chi connectivity index (χ3n) is 3.21. The van der Waals surface area contributed by atoms with E-state index in [4.69, 9.17) is 9.15 Å². The second kappa shape index (κ2) is 7.15. The number of rotatable bonds is 7. The molecular formula is C17H23NO2. The summed E-state index contributed by atoms with van der Waals surface area (Å²) in [4.78, 5) is 0. The van der Waals surface area contributed by atoms with Crippen molar-refractivity contribution >= 4 is 0 Å². The monoisotopic (exact) mass is 273 g/mol. The maximum absolute atomic E-state index is 5.76. The largest absolute Gasteiger partial charge is 0.494 e. The first-order valence-corrected chi connectivity index (χ1v) is 7.26. The summed E-state index contributed by atoms with van der Waals surface area (Å²) in [5, 5.41) is 3.57. The Labute approximate surface area is 121 Å². The molecule has 0 bridgehead atoms. The highest BCUT2D eigenvalue weighted by atomic mass is 16.5. The summed E-state index contributed by atoms with van der Waals surface area (Å²) >= 11 is 0. The molecule has 20 heavy (non-hydrogen) atoms. The molecule has 2 aromatic rings. The summed E-state index contributed by atoms with van der Waals surface area (Å²) in [6.07, 6.45) is 2.91. The van der Waals surface area contributed by atoms with Crippen molar-refractivity contribution in [2.45, 2.75) is 33.2 Å². The van der Waals surface area contributed by atoms with E-state index < -0.39 is 0 Å². The van der Waals surface area contributed by atoms with Crippen LogP contribution in [-0.2, 0) is 0 Å². The maximum Gasteiger partial charge on any atom is 0.124 e. The van der Waals surface area contributed by atoms with Crippen LogP contribution in [0, 0.1) is 6.92 Å². The molecule has 1 unspecified atom stereocenters. The van der Waals surface area contributed by atoms with Gasteiger partial charge in [0.05, 0.1) is 18.9 Å². The molecule has 0 aliphatic rings. The zero-order chi connectivity index (χ0) is 14.4. The van der Waals surface area contributed by atoms with Crippen molar-refractivity contribution in [1.82, 2.24) is 5.32 Å². The van der Waals surface area contributed by atoms with E-state index in [1.54, 1.807) is 0 Å². The Hall–Kier alpha value is -1.74. The fraction of sp³-hybridized carbons (Fsp3) is 0.412. The van der Waals surface area contributed by atoms with Crippen molar-refractivity contribution in [3.8, 4) is 5.75 Å². The van der Waals surface area contributed by atoms with Gasteiger partial charge in [0, 0.05) is 11.1 Å². The quantitative estimate of drug-likeness (QED) is 0.825. The van der Waals surface area contributed by atoms with Crippen LogP contribution in [0.5, 0.6) is 5.75 Å². The van der Waals surface area contributed by atoms with Crippen molar-refractivity contribution in [2.75, 3.05) is 13.2 Å². The first-order valence-electron chi connectivity index (χ1n) is 7.26. The molecule has 0 spiro atoms. The minimum Gasteiger partial charge on any atom is -0.494 e. The normalized spacial score (nSPS) is 12.3. The number of aryl methyl sites for hydroxylation is 1. The molecule has 1 atom stereocenters. The highest BCUT2D eigenvalue weighted by Gasteiger charge is 2.19. The number of furan rings is 1. The Kier molecular flexibility index (Phi) is 5.24. The average molecular weight is 273 g/mol. The third-order valence-corrected chi connectivity index (χ3v) is 3.21. The van der Waals surface area contributed by atoms with Crippen LogP contribution in [0.3, 0.4) is 0 Å². The highest BCUT2D eigenvalue weighted by Crippen LogP contribution is 2.31. The van der Waals surface area contributed by atoms with Gasteiger partial charge < -0.3 is 14.5 Å². The molecule has 0 aliphatic heterocycles. The highest BCUT2D eigenvalue weighted by molar-refractivity contribution is 5.41. The SMILES string of the molecule is CCCNC(c1coc(C)c1)c1ccccc1OCC. The van der Waals surface area contributed by atoms with Gasteiger partial charge in [0.2, 0.25) is 0 Å². The van der Waals surface area contributed by atoms with Crippen molar-refractivity contribution in [2.24, 2.45) is 0 Å². The van der Waals surface area contributed by atoms with E-state index in [2.05, 4.69) is 24.4 Å². The second-order valence-corrected chi connectivity index (χ2v) is 4.85. The van der Waals surface area contributed by atoms with Gasteiger partial charge in [-0.2, -0.15) is 0 Å². The molecule has 0 fully saturated rings. The second-order valence-electron chi connectivity index (χ2n) is 4.85. The van der Waals surface area contributed by atoms with Crippen LogP contribution in [0.4, 0.5) is 0 Å². The molecule has 1 N–H and O–H groups in total. The summed E-state index contributed by atoms with van der Waals surface area (Å²) in [6, 6.07) is 10.4. The number of hydrogen-bond donors (Lipinski definition) is 1. The zero-order valence-corrected chi connectivity index (χ0v) is 12.5. The van der Waals surface area contributed by atoms with Crippen molar-refractivity contribution in [1.29, 1.82) is 0 Å². The van der Waals surface area contributed by atoms with Gasteiger partial charge >= 0.3 is 0 Å². The number of ether oxygens (including phenoxy) is 1. The standard InChI is InChI=1S/C17H23NO2/c1-4-10-18-17(14-11-13(3)20-12-14)15-8-6-7-9-16(15)19-5-2/h6-9,11-12,17-18H,4-5,10H2,1-3H3. The minimum atomic E-state index is 0.107. The van der Waals surface area contributed by atoms with E-state index in [1.807, 2.05) is 38.3 Å². The maximum atomic E-state index is 5.76. The first kappa shape index (κ1) is 14.7. The molecular weight excluding hydrogens is 250 g/mol. The van der Waals surface area contributed by atoms with Gasteiger partial charge in [0.15, 0.2) is 0 Å². The molecule has 3 heteroatoms. The zero-order valence-electron chi connectivity index (χ0n) is 12.5. The average Bonchev–Trinajstić information content (AvgIpc) is 2.88. The van der Waals surface area contributed by atoms with Gasteiger partial charge in [-0.15, -0.1) is 0 Å². The Morgan fingerprint density at radius 2 is 2.05 bits per heavy atom. The number of hydrogen-bond acceptors (Lipinski definition) is 3. The Morgan fingerprint density at radius 1 is 1.25 bits per heavy atom. The molecule has 3 nitrogen and oxygen atoms in total. The molecule has 0 aliphatic carbocycles. The number of nitrogens with one attached hydrogen (secondary N) is 1. The lowest BCUT2D eigenvalue weighted by Crippen LogP contribution is -2.23. The lowest BCUT2D eigenvalue weighted by molar-refractivity contribution is 0.333. The predicted octanol–water partition coefficient (Wildman–Crippen LogP) is 4.08. The number of benzene rings is 1. The molecule has 1 aromatic carbocycles. The molecule has 0 radical (unpaired) electrons. The van der Waals surface area contributed by atoms with Crippen molar-refractivity contribution < 1.29 is 9.15 Å². The molecule has 1 aromatic heterocycles. The minimum absolute atomic E-state index is 0.107. The Morgan fingerprint density at radius 3 is 2.70 bits per heavy atom. The third kappa shape index (κ3) is 3.42. The fourth-order valence-corrected chi connectivity index (χ4v) is 2.32. The molecule has 2 rings (SSSR count). The van der Waals surface area contributed by atoms with Crippen LogP contribution in [-0.4, -0.2) is 13.2 Å². The molecule has 1 heterocycles. The van der Waals surface area contributed by atoms with Gasteiger partial charge in [-0.25, -0.2) is 0 Å². The molecule has 0 saturated carbocycles. The molecule has 0 saturated heterocycles. The van der Waals surface area contributed by atoms with Crippen LogP contribution in [0.25, 0.3) is 0 Å². The lowest BCUT2D eigenvalue weighted by Gasteiger charge is -2.20. The Bertz CT molecular complexity index is 533. The van der Waals surface area contributed by atoms with E-state index in [-0.39, 0.29) is 6.04 Å². The van der Waals surface area contributed by atoms with E-state index in [0.29, 0.717) is 6.61 Å². The summed E-state index contributed by atoms with van der Waals surface area (Å²) in [6.45, 7) is 7.76. The first-order chi connectivity index (χ1) is 9.76. The number of para-hydroxylation sites is 1. The summed E-state index contributed by atoms with van der Waals surface area (Å²) in [5.41, 5.74) is 2.30. The fourth-order valence-electron chi connectivity index (χ4n) is 2.32. The van der Waals surface area contributed by atoms with Gasteiger partial charge in [-0.3, -0.25) is 0 Å². The summed E-state index contributed by atoms with van der Waals surface area (Å²) in [5.74, 6) is 1.86. The topological polar surface area (TPSA) is 34.4 Å². The van der Waals surface area contributed by atoms with E-state index >= 15 is 0 Å². The van der Waals surface area contributed by atoms with Gasteiger partial charge in [0.25, 0.3) is 0 Å². The predicted molar refractivity (Wildman–Crippen MR) is 81.2 cm³/mol. The molecule has 0 amide bonds. The summed E-state index contributed by atoms with van der Waals surface area (Å²) < 4.78 is 11.2. The van der Waals surface area contributed by atoms with Crippen LogP contribution in [0.15, 0.2) is 41.0 Å². The van der Waals surface area contributed by atoms with Crippen molar-refractivity contribution in [3.05, 3.63) is 53.5 Å².